The third kappa shape index (κ3) is 3.45. The monoisotopic (exact) mass is 425 g/mol. The van der Waals surface area contributed by atoms with Crippen LogP contribution in [-0.4, -0.2) is 58.3 Å². The number of amides is 1. The molecule has 0 saturated carbocycles. The Hall–Kier alpha value is -2.20. The van der Waals surface area contributed by atoms with Crippen LogP contribution in [0.3, 0.4) is 0 Å². The van der Waals surface area contributed by atoms with Gasteiger partial charge in [-0.3, -0.25) is 9.48 Å². The van der Waals surface area contributed by atoms with Gasteiger partial charge in [-0.15, -0.1) is 0 Å². The molecule has 0 fully saturated rings. The van der Waals surface area contributed by atoms with Gasteiger partial charge in [0.1, 0.15) is 11.1 Å². The van der Waals surface area contributed by atoms with Crippen molar-refractivity contribution in [1.29, 1.82) is 0 Å². The zero-order valence-electron chi connectivity index (χ0n) is 13.8. The summed E-state index contributed by atoms with van der Waals surface area (Å²) in [4.78, 5) is 17.4. The summed E-state index contributed by atoms with van der Waals surface area (Å²) < 4.78 is 27.9. The van der Waals surface area contributed by atoms with E-state index in [4.69, 9.17) is 0 Å². The Labute approximate surface area is 153 Å². The Morgan fingerprint density at radius 3 is 2.64 bits per heavy atom. The standard InChI is InChI=1S/C15H16BrN5O3S/c1-19(2)15(22)9-20-8-11(7-18-20)12-4-10-6-17-14(16)5-13(10)21(12)25(3,23)24/h4-8H,9H2,1-3H3. The van der Waals surface area contributed by atoms with Crippen molar-refractivity contribution >= 4 is 42.8 Å². The predicted octanol–water partition coefficient (Wildman–Crippen LogP) is 1.56. The number of halogens is 1. The Morgan fingerprint density at radius 2 is 2.00 bits per heavy atom. The van der Waals surface area contributed by atoms with Gasteiger partial charge in [-0.1, -0.05) is 0 Å². The van der Waals surface area contributed by atoms with Gasteiger partial charge in [-0.25, -0.2) is 17.4 Å². The third-order valence-electron chi connectivity index (χ3n) is 3.67. The predicted molar refractivity (Wildman–Crippen MR) is 97.6 cm³/mol. The number of fused-ring (bicyclic) bond motifs is 1. The van der Waals surface area contributed by atoms with Crippen LogP contribution >= 0.6 is 15.9 Å². The number of carbonyl (C=O) groups is 1. The van der Waals surface area contributed by atoms with Crippen LogP contribution in [0.5, 0.6) is 0 Å². The first-order chi connectivity index (χ1) is 11.7. The number of carbonyl (C=O) groups excluding carboxylic acids is 1. The van der Waals surface area contributed by atoms with Crippen LogP contribution < -0.4 is 0 Å². The molecule has 10 heteroatoms. The summed E-state index contributed by atoms with van der Waals surface area (Å²) in [5.41, 5.74) is 1.60. The fourth-order valence-corrected chi connectivity index (χ4v) is 3.82. The first-order valence-corrected chi connectivity index (χ1v) is 9.91. The maximum absolute atomic E-state index is 12.3. The van der Waals surface area contributed by atoms with Gasteiger partial charge < -0.3 is 4.90 Å². The van der Waals surface area contributed by atoms with Gasteiger partial charge in [0.15, 0.2) is 0 Å². The Kier molecular flexibility index (Phi) is 4.41. The molecule has 0 saturated heterocycles. The maximum Gasteiger partial charge on any atom is 0.243 e. The molecule has 0 atom stereocenters. The van der Waals surface area contributed by atoms with E-state index in [1.54, 1.807) is 44.8 Å². The van der Waals surface area contributed by atoms with E-state index in [2.05, 4.69) is 26.0 Å². The quantitative estimate of drug-likeness (QED) is 0.591. The minimum absolute atomic E-state index is 0.0825. The molecule has 3 aromatic heterocycles. The summed E-state index contributed by atoms with van der Waals surface area (Å²) in [6, 6.07) is 3.39. The van der Waals surface area contributed by atoms with Crippen molar-refractivity contribution < 1.29 is 13.2 Å². The molecule has 0 spiro atoms. The van der Waals surface area contributed by atoms with Crippen LogP contribution in [0.15, 0.2) is 35.3 Å². The minimum Gasteiger partial charge on any atom is -0.347 e. The minimum atomic E-state index is -3.55. The average Bonchev–Trinajstić information content (AvgIpc) is 3.09. The summed E-state index contributed by atoms with van der Waals surface area (Å²) >= 11 is 3.27. The van der Waals surface area contributed by atoms with Gasteiger partial charge in [-0.05, 0) is 28.1 Å². The molecular formula is C15H16BrN5O3S. The van der Waals surface area contributed by atoms with E-state index < -0.39 is 10.0 Å². The van der Waals surface area contributed by atoms with Gasteiger partial charge in [0.2, 0.25) is 15.9 Å². The van der Waals surface area contributed by atoms with Gasteiger partial charge in [0, 0.05) is 37.4 Å². The number of rotatable bonds is 4. The molecule has 132 valence electrons. The second-order valence-electron chi connectivity index (χ2n) is 5.84. The number of hydrogen-bond donors (Lipinski definition) is 0. The van der Waals surface area contributed by atoms with Crippen molar-refractivity contribution in [2.75, 3.05) is 20.4 Å². The van der Waals surface area contributed by atoms with Gasteiger partial charge in [-0.2, -0.15) is 5.10 Å². The average molecular weight is 426 g/mol. The Balaban J connectivity index is 2.13. The van der Waals surface area contributed by atoms with Crippen molar-refractivity contribution in [2.45, 2.75) is 6.54 Å². The van der Waals surface area contributed by atoms with Gasteiger partial charge >= 0.3 is 0 Å². The lowest BCUT2D eigenvalue weighted by Gasteiger charge is -2.09. The highest BCUT2D eigenvalue weighted by Crippen LogP contribution is 2.30. The van der Waals surface area contributed by atoms with Crippen molar-refractivity contribution in [1.82, 2.24) is 23.6 Å². The first-order valence-electron chi connectivity index (χ1n) is 7.27. The van der Waals surface area contributed by atoms with E-state index in [0.717, 1.165) is 6.26 Å². The fraction of sp³-hybridized carbons (Fsp3) is 0.267. The molecular weight excluding hydrogens is 410 g/mol. The molecule has 3 rings (SSSR count). The van der Waals surface area contributed by atoms with Gasteiger partial charge in [0.05, 0.1) is 23.7 Å². The van der Waals surface area contributed by atoms with Crippen LogP contribution in [0.25, 0.3) is 22.2 Å². The molecule has 0 bridgehead atoms. The van der Waals surface area contributed by atoms with E-state index in [1.807, 2.05) is 0 Å². The summed E-state index contributed by atoms with van der Waals surface area (Å²) in [7, 11) is -0.221. The lowest BCUT2D eigenvalue weighted by Crippen LogP contribution is -2.26. The molecule has 0 aliphatic heterocycles. The second kappa shape index (κ2) is 6.26. The summed E-state index contributed by atoms with van der Waals surface area (Å²) in [5.74, 6) is -0.105. The third-order valence-corrected chi connectivity index (χ3v) is 5.16. The van der Waals surface area contributed by atoms with Crippen LogP contribution in [0.1, 0.15) is 0 Å². The summed E-state index contributed by atoms with van der Waals surface area (Å²) in [5, 5.41) is 4.86. The van der Waals surface area contributed by atoms with Crippen molar-refractivity contribution in [2.24, 2.45) is 0 Å². The van der Waals surface area contributed by atoms with E-state index in [0.29, 0.717) is 26.8 Å². The molecule has 0 aromatic carbocycles. The lowest BCUT2D eigenvalue weighted by molar-refractivity contribution is -0.129. The molecule has 0 radical (unpaired) electrons. The van der Waals surface area contributed by atoms with Crippen LogP contribution in [0.4, 0.5) is 0 Å². The molecule has 25 heavy (non-hydrogen) atoms. The highest BCUT2D eigenvalue weighted by molar-refractivity contribution is 9.10. The maximum atomic E-state index is 12.3. The molecule has 3 heterocycles. The molecule has 0 aliphatic carbocycles. The summed E-state index contributed by atoms with van der Waals surface area (Å²) in [6.45, 7) is 0.0825. The first kappa shape index (κ1) is 17.6. The number of nitrogens with zero attached hydrogens (tertiary/aromatic N) is 5. The highest BCUT2D eigenvalue weighted by Gasteiger charge is 2.20. The second-order valence-corrected chi connectivity index (χ2v) is 8.48. The van der Waals surface area contributed by atoms with Crippen molar-refractivity contribution in [3.05, 3.63) is 35.3 Å². The van der Waals surface area contributed by atoms with E-state index in [-0.39, 0.29) is 12.5 Å². The zero-order chi connectivity index (χ0) is 18.4. The van der Waals surface area contributed by atoms with Crippen LogP contribution in [0, 0.1) is 0 Å². The number of pyridine rings is 1. The Bertz CT molecular complexity index is 1070. The van der Waals surface area contributed by atoms with E-state index >= 15 is 0 Å². The normalized spacial score (nSPS) is 11.8. The smallest absolute Gasteiger partial charge is 0.243 e. The lowest BCUT2D eigenvalue weighted by atomic mass is 10.2. The van der Waals surface area contributed by atoms with Crippen molar-refractivity contribution in [3.8, 4) is 11.3 Å². The fourth-order valence-electron chi connectivity index (χ4n) is 2.47. The SMILES string of the molecule is CN(C)C(=O)Cn1cc(-c2cc3cnc(Br)cc3n2S(C)(=O)=O)cn1. The molecule has 0 N–H and O–H groups in total. The number of likely N-dealkylation sites (N-methyl/N-ethyl adjacent to an activating group) is 1. The van der Waals surface area contributed by atoms with Crippen molar-refractivity contribution in [3.63, 3.8) is 0 Å². The van der Waals surface area contributed by atoms with E-state index in [1.165, 1.54) is 13.6 Å². The number of aromatic nitrogens is 4. The molecule has 1 amide bonds. The Morgan fingerprint density at radius 1 is 1.28 bits per heavy atom. The van der Waals surface area contributed by atoms with Crippen LogP contribution in [0.2, 0.25) is 0 Å². The summed E-state index contributed by atoms with van der Waals surface area (Å²) in [6.07, 6.45) is 5.94. The number of hydrogen-bond acceptors (Lipinski definition) is 5. The molecule has 3 aromatic rings. The topological polar surface area (TPSA) is 90.1 Å². The highest BCUT2D eigenvalue weighted by atomic mass is 79.9. The van der Waals surface area contributed by atoms with Gasteiger partial charge in [0.25, 0.3) is 0 Å². The van der Waals surface area contributed by atoms with E-state index in [9.17, 15) is 13.2 Å². The molecule has 0 unspecified atom stereocenters. The molecule has 0 aliphatic rings. The largest absolute Gasteiger partial charge is 0.347 e. The zero-order valence-corrected chi connectivity index (χ0v) is 16.2. The van der Waals surface area contributed by atoms with Crippen LogP contribution in [-0.2, 0) is 21.4 Å². The molecule has 8 nitrogen and oxygen atoms in total.